The molecule has 0 fully saturated rings. The summed E-state index contributed by atoms with van der Waals surface area (Å²) in [7, 11) is 0. The third-order valence-corrected chi connectivity index (χ3v) is 2.21. The number of rotatable bonds is 4. The Morgan fingerprint density at radius 2 is 2.43 bits per heavy atom. The van der Waals surface area contributed by atoms with Gasteiger partial charge in [0.2, 0.25) is 5.91 Å². The quantitative estimate of drug-likeness (QED) is 0.764. The Labute approximate surface area is 88.2 Å². The van der Waals surface area contributed by atoms with Crippen molar-refractivity contribution >= 4 is 17.5 Å². The van der Waals surface area contributed by atoms with Crippen LogP contribution >= 0.6 is 11.6 Å². The second-order valence-corrected chi connectivity index (χ2v) is 3.27. The molecule has 1 heterocycles. The van der Waals surface area contributed by atoms with Gasteiger partial charge >= 0.3 is 0 Å². The number of nitrogens with one attached hydrogen (secondary N) is 1. The first-order valence-corrected chi connectivity index (χ1v) is 5.06. The number of hydrogen-bond donors (Lipinski definition) is 1. The Morgan fingerprint density at radius 1 is 1.71 bits per heavy atom. The Hall–Kier alpha value is -1.03. The lowest BCUT2D eigenvalue weighted by molar-refractivity contribution is -0.118. The molecule has 0 aromatic carbocycles. The van der Waals surface area contributed by atoms with Crippen LogP contribution in [0.5, 0.6) is 0 Å². The predicted octanol–water partition coefficient (Wildman–Crippen LogP) is 1.07. The van der Waals surface area contributed by atoms with Crippen LogP contribution in [0.15, 0.2) is 6.20 Å². The first-order chi connectivity index (χ1) is 6.67. The highest BCUT2D eigenvalue weighted by Gasteiger charge is 2.05. The molecule has 0 atom stereocenters. The summed E-state index contributed by atoms with van der Waals surface area (Å²) in [5, 5.41) is 6.97. The smallest absolute Gasteiger partial charge is 0.235 e. The molecule has 0 aliphatic carbocycles. The fraction of sp³-hybridized carbons (Fsp3) is 0.556. The molecule has 0 radical (unpaired) electrons. The molecule has 0 aliphatic rings. The van der Waals surface area contributed by atoms with Crippen molar-refractivity contribution in [2.45, 2.75) is 26.9 Å². The Balaban J connectivity index is 2.58. The molecule has 0 unspecified atom stereocenters. The van der Waals surface area contributed by atoms with Crippen LogP contribution in [-0.4, -0.2) is 21.6 Å². The maximum atomic E-state index is 10.9. The highest BCUT2D eigenvalue weighted by molar-refractivity contribution is 6.27. The van der Waals surface area contributed by atoms with Gasteiger partial charge in [-0.15, -0.1) is 11.6 Å². The molecule has 5 heteroatoms. The number of hydrogen-bond acceptors (Lipinski definition) is 2. The van der Waals surface area contributed by atoms with E-state index in [4.69, 9.17) is 11.6 Å². The SMILES string of the molecule is CCn1cc(CNC(=O)CCl)c(C)n1. The van der Waals surface area contributed by atoms with E-state index in [2.05, 4.69) is 10.4 Å². The zero-order chi connectivity index (χ0) is 10.6. The fourth-order valence-electron chi connectivity index (χ4n) is 1.14. The predicted molar refractivity (Wildman–Crippen MR) is 55.2 cm³/mol. The third-order valence-electron chi connectivity index (χ3n) is 1.97. The van der Waals surface area contributed by atoms with E-state index < -0.39 is 0 Å². The fourth-order valence-corrected chi connectivity index (χ4v) is 1.23. The van der Waals surface area contributed by atoms with Gasteiger partial charge < -0.3 is 5.32 Å². The molecule has 0 aliphatic heterocycles. The molecule has 0 saturated heterocycles. The van der Waals surface area contributed by atoms with Crippen molar-refractivity contribution < 1.29 is 4.79 Å². The van der Waals surface area contributed by atoms with Gasteiger partial charge in [-0.05, 0) is 13.8 Å². The summed E-state index contributed by atoms with van der Waals surface area (Å²) in [5.41, 5.74) is 1.98. The average Bonchev–Trinajstić information content (AvgIpc) is 2.55. The molecule has 0 spiro atoms. The van der Waals surface area contributed by atoms with Gasteiger partial charge in [0, 0.05) is 24.8 Å². The Kier molecular flexibility index (Phi) is 3.95. The highest BCUT2D eigenvalue weighted by atomic mass is 35.5. The normalized spacial score (nSPS) is 10.2. The van der Waals surface area contributed by atoms with E-state index in [0.29, 0.717) is 6.54 Å². The number of carbonyl (C=O) groups is 1. The van der Waals surface area contributed by atoms with Crippen LogP contribution in [-0.2, 0) is 17.9 Å². The van der Waals surface area contributed by atoms with Crippen molar-refractivity contribution in [3.05, 3.63) is 17.5 Å². The van der Waals surface area contributed by atoms with Crippen molar-refractivity contribution in [3.8, 4) is 0 Å². The summed E-state index contributed by atoms with van der Waals surface area (Å²) in [5.74, 6) is -0.156. The van der Waals surface area contributed by atoms with Crippen molar-refractivity contribution in [1.82, 2.24) is 15.1 Å². The van der Waals surface area contributed by atoms with E-state index in [1.165, 1.54) is 0 Å². The Morgan fingerprint density at radius 3 is 2.93 bits per heavy atom. The molecule has 0 saturated carbocycles. The van der Waals surface area contributed by atoms with Crippen molar-refractivity contribution in [3.63, 3.8) is 0 Å². The van der Waals surface area contributed by atoms with E-state index in [1.807, 2.05) is 24.7 Å². The molecule has 14 heavy (non-hydrogen) atoms. The van der Waals surface area contributed by atoms with Gasteiger partial charge in [0.05, 0.1) is 5.69 Å². The van der Waals surface area contributed by atoms with E-state index >= 15 is 0 Å². The van der Waals surface area contributed by atoms with E-state index in [1.54, 1.807) is 0 Å². The first kappa shape index (κ1) is 11.0. The van der Waals surface area contributed by atoms with Gasteiger partial charge in [0.15, 0.2) is 0 Å². The molecule has 1 amide bonds. The summed E-state index contributed by atoms with van der Waals surface area (Å²) < 4.78 is 1.84. The van der Waals surface area contributed by atoms with E-state index in [9.17, 15) is 4.79 Å². The second kappa shape index (κ2) is 5.00. The number of nitrogens with zero attached hydrogens (tertiary/aromatic N) is 2. The van der Waals surface area contributed by atoms with E-state index in [0.717, 1.165) is 17.8 Å². The van der Waals surface area contributed by atoms with Crippen LogP contribution in [0.25, 0.3) is 0 Å². The number of halogens is 1. The number of alkyl halides is 1. The summed E-state index contributed by atoms with van der Waals surface area (Å²) in [6.07, 6.45) is 1.93. The molecule has 1 aromatic heterocycles. The van der Waals surface area contributed by atoms with Crippen LogP contribution in [0.2, 0.25) is 0 Å². The Bertz CT molecular complexity index is 322. The minimum Gasteiger partial charge on any atom is -0.351 e. The van der Waals surface area contributed by atoms with E-state index in [-0.39, 0.29) is 11.8 Å². The van der Waals surface area contributed by atoms with Gasteiger partial charge in [0.25, 0.3) is 0 Å². The van der Waals surface area contributed by atoms with Gasteiger partial charge in [-0.2, -0.15) is 5.10 Å². The van der Waals surface area contributed by atoms with Crippen molar-refractivity contribution in [2.75, 3.05) is 5.88 Å². The molecule has 1 rings (SSSR count). The summed E-state index contributed by atoms with van der Waals surface area (Å²) in [6.45, 7) is 5.28. The lowest BCUT2D eigenvalue weighted by atomic mass is 10.2. The molecule has 78 valence electrons. The van der Waals surface area contributed by atoms with Crippen LogP contribution < -0.4 is 5.32 Å². The van der Waals surface area contributed by atoms with Gasteiger partial charge in [-0.1, -0.05) is 0 Å². The minimum absolute atomic E-state index is 0.000955. The van der Waals surface area contributed by atoms with Crippen LogP contribution in [0, 0.1) is 6.92 Å². The average molecular weight is 216 g/mol. The molecule has 0 bridgehead atoms. The maximum absolute atomic E-state index is 10.9. The standard InChI is InChI=1S/C9H14ClN3O/c1-3-13-6-8(7(2)12-13)5-11-9(14)4-10/h6H,3-5H2,1-2H3,(H,11,14). The second-order valence-electron chi connectivity index (χ2n) is 3.01. The van der Waals surface area contributed by atoms with Crippen LogP contribution in [0.4, 0.5) is 0 Å². The zero-order valence-electron chi connectivity index (χ0n) is 8.38. The third kappa shape index (κ3) is 2.73. The largest absolute Gasteiger partial charge is 0.351 e. The topological polar surface area (TPSA) is 46.9 Å². The van der Waals surface area contributed by atoms with Gasteiger partial charge in [-0.3, -0.25) is 9.48 Å². The zero-order valence-corrected chi connectivity index (χ0v) is 9.14. The molecule has 1 N–H and O–H groups in total. The summed E-state index contributed by atoms with van der Waals surface area (Å²) in [6, 6.07) is 0. The lowest BCUT2D eigenvalue weighted by Gasteiger charge is -2.00. The van der Waals surface area contributed by atoms with Crippen LogP contribution in [0.3, 0.4) is 0 Å². The number of aromatic nitrogens is 2. The van der Waals surface area contributed by atoms with Crippen molar-refractivity contribution in [2.24, 2.45) is 0 Å². The molecular weight excluding hydrogens is 202 g/mol. The highest BCUT2D eigenvalue weighted by Crippen LogP contribution is 2.04. The molecular formula is C9H14ClN3O. The van der Waals surface area contributed by atoms with Crippen molar-refractivity contribution in [1.29, 1.82) is 0 Å². The summed E-state index contributed by atoms with van der Waals surface area (Å²) in [4.78, 5) is 10.9. The molecule has 1 aromatic rings. The van der Waals surface area contributed by atoms with Gasteiger partial charge in [-0.25, -0.2) is 0 Å². The van der Waals surface area contributed by atoms with Gasteiger partial charge in [0.1, 0.15) is 5.88 Å². The minimum atomic E-state index is -0.157. The number of aryl methyl sites for hydroxylation is 2. The number of amides is 1. The monoisotopic (exact) mass is 215 g/mol. The lowest BCUT2D eigenvalue weighted by Crippen LogP contribution is -2.23. The maximum Gasteiger partial charge on any atom is 0.235 e. The summed E-state index contributed by atoms with van der Waals surface area (Å²) >= 11 is 5.36. The first-order valence-electron chi connectivity index (χ1n) is 4.53. The van der Waals surface area contributed by atoms with Crippen LogP contribution in [0.1, 0.15) is 18.2 Å². The molecule has 4 nitrogen and oxygen atoms in total. The number of carbonyl (C=O) groups excluding carboxylic acids is 1.